The van der Waals surface area contributed by atoms with E-state index in [9.17, 15) is 27.6 Å². The minimum atomic E-state index is -4.39. The number of ether oxygens (including phenoxy) is 3. The van der Waals surface area contributed by atoms with Crippen molar-refractivity contribution in [3.05, 3.63) is 69.5 Å². The van der Waals surface area contributed by atoms with Crippen LogP contribution < -0.4 is 21.1 Å². The summed E-state index contributed by atoms with van der Waals surface area (Å²) in [6.45, 7) is 5.52. The van der Waals surface area contributed by atoms with E-state index in [2.05, 4.69) is 19.8 Å². The van der Waals surface area contributed by atoms with E-state index in [1.54, 1.807) is 20.8 Å². The number of halogens is 2. The number of esters is 1. The van der Waals surface area contributed by atoms with Crippen molar-refractivity contribution >= 4 is 63.3 Å². The summed E-state index contributed by atoms with van der Waals surface area (Å²) in [7, 11) is -3.19. The first-order valence-corrected chi connectivity index (χ1v) is 16.3. The van der Waals surface area contributed by atoms with Gasteiger partial charge in [0.2, 0.25) is 0 Å². The molecule has 4 N–H and O–H groups in total. The maximum absolute atomic E-state index is 13.2. The molecule has 254 valence electrons. The number of rotatable bonds is 10. The second-order valence-corrected chi connectivity index (χ2v) is 13.6. The summed E-state index contributed by atoms with van der Waals surface area (Å²) < 4.78 is 44.8. The normalized spacial score (nSPS) is 14.6. The molecule has 1 heterocycles. The number of nitrogens with two attached hydrogens (primary N) is 1. The van der Waals surface area contributed by atoms with E-state index in [4.69, 9.17) is 38.4 Å². The Hall–Kier alpha value is -4.34. The SMILES string of the molecule is COC(=O)COc1ccc(S(=O)(=O)/N=C/C(NC(=O)c2c(Cl)cccc2Cl)=C(\N)C(=O)NC2CCN(C(=O)OC(C)(C)C)CC2)cc1. The third-order valence-corrected chi connectivity index (χ3v) is 8.36. The molecule has 2 aromatic carbocycles. The van der Waals surface area contributed by atoms with Gasteiger partial charge >= 0.3 is 12.1 Å². The van der Waals surface area contributed by atoms with Crippen LogP contribution in [-0.2, 0) is 29.1 Å². The second-order valence-electron chi connectivity index (χ2n) is 11.1. The number of methoxy groups -OCH3 is 1. The van der Waals surface area contributed by atoms with Gasteiger partial charge in [-0.05, 0) is 70.0 Å². The molecule has 1 fully saturated rings. The Balaban J connectivity index is 1.83. The molecule has 2 aromatic rings. The number of hydrogen-bond donors (Lipinski definition) is 3. The predicted molar refractivity (Wildman–Crippen MR) is 174 cm³/mol. The molecule has 1 aliphatic rings. The van der Waals surface area contributed by atoms with Crippen LogP contribution in [0.15, 0.2) is 63.2 Å². The molecule has 3 amide bonds. The van der Waals surface area contributed by atoms with Gasteiger partial charge in [0, 0.05) is 19.1 Å². The summed E-state index contributed by atoms with van der Waals surface area (Å²) in [5.74, 6) is -2.13. The molecule has 0 saturated carbocycles. The van der Waals surface area contributed by atoms with Crippen molar-refractivity contribution in [2.45, 2.75) is 50.2 Å². The Kier molecular flexibility index (Phi) is 12.6. The minimum absolute atomic E-state index is 0.00631. The van der Waals surface area contributed by atoms with Crippen molar-refractivity contribution in [3.63, 3.8) is 0 Å². The molecule has 1 saturated heterocycles. The molecule has 0 radical (unpaired) electrons. The zero-order valence-corrected chi connectivity index (χ0v) is 28.4. The molecular formula is C30H35Cl2N5O9S. The highest BCUT2D eigenvalue weighted by atomic mass is 35.5. The standard InChI is InChI=1S/C30H35Cl2N5O9S/c1-30(2,3)46-29(41)37-14-12-18(13-15-37)35-28(40)26(33)23(36-27(39)25-21(31)6-5-7-22(25)32)16-34-47(42,43)20-10-8-19(9-11-20)45-17-24(38)44-4/h5-11,16,18H,12-15,17,33H2,1-4H3,(H,35,40)(H,36,39)/b26-23+,34-16+. The maximum atomic E-state index is 13.2. The minimum Gasteiger partial charge on any atom is -0.482 e. The Morgan fingerprint density at radius 3 is 2.19 bits per heavy atom. The maximum Gasteiger partial charge on any atom is 0.410 e. The van der Waals surface area contributed by atoms with Gasteiger partial charge in [-0.3, -0.25) is 9.59 Å². The molecule has 0 aromatic heterocycles. The van der Waals surface area contributed by atoms with Crippen LogP contribution >= 0.6 is 23.2 Å². The Morgan fingerprint density at radius 2 is 1.64 bits per heavy atom. The fourth-order valence-corrected chi connectivity index (χ4v) is 5.49. The lowest BCUT2D eigenvalue weighted by Gasteiger charge is -2.33. The van der Waals surface area contributed by atoms with Crippen LogP contribution in [0, 0.1) is 0 Å². The molecular weight excluding hydrogens is 677 g/mol. The number of allylic oxidation sites excluding steroid dienone is 1. The summed E-state index contributed by atoms with van der Waals surface area (Å²) in [6.07, 6.45) is 1.03. The zero-order valence-electron chi connectivity index (χ0n) is 26.0. The Morgan fingerprint density at radius 1 is 1.04 bits per heavy atom. The first-order chi connectivity index (χ1) is 22.0. The van der Waals surface area contributed by atoms with Gasteiger partial charge < -0.3 is 35.5 Å². The van der Waals surface area contributed by atoms with E-state index in [1.807, 2.05) is 0 Å². The van der Waals surface area contributed by atoms with E-state index < -0.39 is 56.9 Å². The summed E-state index contributed by atoms with van der Waals surface area (Å²) in [5, 5.41) is 5.11. The molecule has 0 bridgehead atoms. The van der Waals surface area contributed by atoms with E-state index in [-0.39, 0.29) is 32.9 Å². The quantitative estimate of drug-likeness (QED) is 0.187. The number of amides is 3. The Bertz CT molecular complexity index is 1640. The first kappa shape index (κ1) is 37.1. The zero-order chi connectivity index (χ0) is 34.9. The third kappa shape index (κ3) is 10.9. The largest absolute Gasteiger partial charge is 0.482 e. The molecule has 0 unspecified atom stereocenters. The van der Waals surface area contributed by atoms with Crippen molar-refractivity contribution in [3.8, 4) is 5.75 Å². The number of benzene rings is 2. The number of sulfonamides is 1. The van der Waals surface area contributed by atoms with E-state index in [1.165, 1.54) is 54.5 Å². The van der Waals surface area contributed by atoms with Gasteiger partial charge in [0.25, 0.3) is 21.8 Å². The van der Waals surface area contributed by atoms with Gasteiger partial charge in [-0.2, -0.15) is 12.8 Å². The number of nitrogens with one attached hydrogen (secondary N) is 2. The number of likely N-dealkylation sites (tertiary alicyclic amines) is 1. The van der Waals surface area contributed by atoms with Crippen LogP contribution in [-0.4, -0.2) is 81.9 Å². The summed E-state index contributed by atoms with van der Waals surface area (Å²) >= 11 is 12.3. The fraction of sp³-hybridized carbons (Fsp3) is 0.367. The average molecular weight is 713 g/mol. The highest BCUT2D eigenvalue weighted by molar-refractivity contribution is 7.90. The van der Waals surface area contributed by atoms with Crippen LogP contribution in [0.25, 0.3) is 0 Å². The average Bonchev–Trinajstić information content (AvgIpc) is 3.01. The van der Waals surface area contributed by atoms with Crippen molar-refractivity contribution in [1.29, 1.82) is 0 Å². The van der Waals surface area contributed by atoms with Crippen molar-refractivity contribution < 1.29 is 41.8 Å². The number of nitrogens with zero attached hydrogens (tertiary/aromatic N) is 2. The lowest BCUT2D eigenvalue weighted by Crippen LogP contribution is -2.48. The number of piperidine rings is 1. The summed E-state index contributed by atoms with van der Waals surface area (Å²) in [5.41, 5.74) is 4.34. The number of hydrogen-bond acceptors (Lipinski definition) is 10. The van der Waals surface area contributed by atoms with Crippen LogP contribution in [0.2, 0.25) is 10.0 Å². The number of carbonyl (C=O) groups excluding carboxylic acids is 4. The highest BCUT2D eigenvalue weighted by Crippen LogP contribution is 2.25. The molecule has 47 heavy (non-hydrogen) atoms. The summed E-state index contributed by atoms with van der Waals surface area (Å²) in [4.78, 5) is 51.3. The molecule has 1 aliphatic heterocycles. The molecule has 14 nitrogen and oxygen atoms in total. The monoisotopic (exact) mass is 711 g/mol. The van der Waals surface area contributed by atoms with Crippen molar-refractivity contribution in [2.75, 3.05) is 26.8 Å². The molecule has 0 atom stereocenters. The molecule has 0 spiro atoms. The van der Waals surface area contributed by atoms with Gasteiger partial charge in [-0.25, -0.2) is 9.59 Å². The van der Waals surface area contributed by atoms with E-state index in [0.717, 1.165) is 6.21 Å². The Labute approximate surface area is 282 Å². The van der Waals surface area contributed by atoms with Gasteiger partial charge in [0.05, 0.1) is 39.5 Å². The lowest BCUT2D eigenvalue weighted by atomic mass is 10.1. The van der Waals surface area contributed by atoms with Crippen LogP contribution in [0.3, 0.4) is 0 Å². The fourth-order valence-electron chi connectivity index (χ4n) is 4.08. The highest BCUT2D eigenvalue weighted by Gasteiger charge is 2.28. The van der Waals surface area contributed by atoms with Gasteiger partial charge in [-0.1, -0.05) is 29.3 Å². The van der Waals surface area contributed by atoms with Gasteiger partial charge in [0.15, 0.2) is 6.61 Å². The smallest absolute Gasteiger partial charge is 0.410 e. The van der Waals surface area contributed by atoms with Crippen LogP contribution in [0.4, 0.5) is 4.79 Å². The van der Waals surface area contributed by atoms with Crippen molar-refractivity contribution in [2.24, 2.45) is 10.1 Å². The molecule has 3 rings (SSSR count). The van der Waals surface area contributed by atoms with Crippen LogP contribution in [0.5, 0.6) is 5.75 Å². The topological polar surface area (TPSA) is 196 Å². The number of carbonyl (C=O) groups is 4. The van der Waals surface area contributed by atoms with Crippen LogP contribution in [0.1, 0.15) is 44.0 Å². The van der Waals surface area contributed by atoms with Gasteiger partial charge in [-0.15, -0.1) is 0 Å². The molecule has 17 heteroatoms. The molecule has 0 aliphatic carbocycles. The predicted octanol–water partition coefficient (Wildman–Crippen LogP) is 3.42. The van der Waals surface area contributed by atoms with Crippen molar-refractivity contribution in [1.82, 2.24) is 15.5 Å². The van der Waals surface area contributed by atoms with E-state index in [0.29, 0.717) is 25.9 Å². The first-order valence-electron chi connectivity index (χ1n) is 14.1. The lowest BCUT2D eigenvalue weighted by molar-refractivity contribution is -0.142. The van der Waals surface area contributed by atoms with E-state index >= 15 is 0 Å². The third-order valence-electron chi connectivity index (χ3n) is 6.48. The summed E-state index contributed by atoms with van der Waals surface area (Å²) in [6, 6.07) is 8.95. The van der Waals surface area contributed by atoms with Gasteiger partial charge in [0.1, 0.15) is 17.0 Å². The second kappa shape index (κ2) is 16.0.